The summed E-state index contributed by atoms with van der Waals surface area (Å²) in [5.41, 5.74) is 0. The van der Waals surface area contributed by atoms with Crippen molar-refractivity contribution in [2.24, 2.45) is 5.92 Å². The number of aliphatic hydroxyl groups is 1. The molecule has 0 aromatic heterocycles. The normalized spacial score (nSPS) is 35.3. The summed E-state index contributed by atoms with van der Waals surface area (Å²) in [6.45, 7) is 2.26. The molecule has 0 radical (unpaired) electrons. The molecule has 1 aliphatic heterocycles. The number of hydrogen-bond acceptors (Lipinski definition) is 3. The monoisotopic (exact) mass is 131 g/mol. The molecule has 1 heterocycles. The first-order valence-electron chi connectivity index (χ1n) is 3.22. The van der Waals surface area contributed by atoms with E-state index < -0.39 is 0 Å². The maximum atomic E-state index is 9.18. The number of ether oxygens (including phenoxy) is 1. The van der Waals surface area contributed by atoms with E-state index in [1.807, 2.05) is 0 Å². The lowest BCUT2D eigenvalue weighted by Gasteiger charge is -2.10. The Kier molecular flexibility index (Phi) is 2.45. The van der Waals surface area contributed by atoms with Gasteiger partial charge in [0.25, 0.3) is 0 Å². The Morgan fingerprint density at radius 1 is 1.67 bits per heavy atom. The van der Waals surface area contributed by atoms with Crippen LogP contribution in [-0.2, 0) is 4.74 Å². The van der Waals surface area contributed by atoms with Crippen molar-refractivity contribution in [3.8, 4) is 0 Å². The van der Waals surface area contributed by atoms with E-state index in [2.05, 4.69) is 5.32 Å². The maximum absolute atomic E-state index is 9.18. The van der Waals surface area contributed by atoms with Crippen molar-refractivity contribution in [3.05, 3.63) is 0 Å². The van der Waals surface area contributed by atoms with Gasteiger partial charge < -0.3 is 15.2 Å². The van der Waals surface area contributed by atoms with Crippen molar-refractivity contribution in [3.63, 3.8) is 0 Å². The third-order valence-electron chi connectivity index (χ3n) is 1.68. The summed E-state index contributed by atoms with van der Waals surface area (Å²) in [4.78, 5) is 0. The van der Waals surface area contributed by atoms with Gasteiger partial charge in [0.15, 0.2) is 0 Å². The van der Waals surface area contributed by atoms with Crippen LogP contribution in [0.1, 0.15) is 0 Å². The van der Waals surface area contributed by atoms with Gasteiger partial charge in [-0.15, -0.1) is 0 Å². The Morgan fingerprint density at radius 3 is 2.89 bits per heavy atom. The van der Waals surface area contributed by atoms with E-state index in [9.17, 15) is 5.11 Å². The van der Waals surface area contributed by atoms with Crippen LogP contribution in [0.15, 0.2) is 0 Å². The van der Waals surface area contributed by atoms with Crippen molar-refractivity contribution in [1.82, 2.24) is 5.32 Å². The predicted molar refractivity (Wildman–Crippen MR) is 34.2 cm³/mol. The highest BCUT2D eigenvalue weighted by Gasteiger charge is 2.23. The van der Waals surface area contributed by atoms with Crippen LogP contribution in [0.4, 0.5) is 0 Å². The Balaban J connectivity index is 2.22. The van der Waals surface area contributed by atoms with Gasteiger partial charge in [-0.3, -0.25) is 0 Å². The molecule has 0 aliphatic carbocycles. The molecule has 3 heteroatoms. The zero-order chi connectivity index (χ0) is 6.69. The molecule has 0 bridgehead atoms. The average Bonchev–Trinajstić information content (AvgIpc) is 2.18. The van der Waals surface area contributed by atoms with Gasteiger partial charge in [0, 0.05) is 26.1 Å². The van der Waals surface area contributed by atoms with Gasteiger partial charge in [0.05, 0.1) is 12.7 Å². The van der Waals surface area contributed by atoms with E-state index in [4.69, 9.17) is 4.74 Å². The molecule has 1 aliphatic rings. The predicted octanol–water partition coefficient (Wildman–Crippen LogP) is -0.787. The first kappa shape index (κ1) is 6.99. The molecule has 1 saturated heterocycles. The van der Waals surface area contributed by atoms with Gasteiger partial charge in [-0.1, -0.05) is 0 Å². The third kappa shape index (κ3) is 1.64. The van der Waals surface area contributed by atoms with Crippen molar-refractivity contribution < 1.29 is 9.84 Å². The van der Waals surface area contributed by atoms with Gasteiger partial charge in [-0.05, 0) is 0 Å². The lowest BCUT2D eigenvalue weighted by Crippen LogP contribution is -2.21. The Bertz CT molecular complexity index is 87.1. The molecule has 54 valence electrons. The fourth-order valence-corrected chi connectivity index (χ4v) is 1.10. The van der Waals surface area contributed by atoms with Gasteiger partial charge in [0.1, 0.15) is 0 Å². The minimum Gasteiger partial charge on any atom is -0.391 e. The van der Waals surface area contributed by atoms with Crippen LogP contribution < -0.4 is 5.32 Å². The van der Waals surface area contributed by atoms with Crippen molar-refractivity contribution in [2.45, 2.75) is 6.10 Å². The Labute approximate surface area is 55.0 Å². The van der Waals surface area contributed by atoms with Gasteiger partial charge in [-0.25, -0.2) is 0 Å². The first-order chi connectivity index (χ1) is 4.34. The van der Waals surface area contributed by atoms with Gasteiger partial charge in [-0.2, -0.15) is 0 Å². The molecule has 0 aromatic rings. The van der Waals surface area contributed by atoms with Crippen molar-refractivity contribution in [1.29, 1.82) is 0 Å². The molecule has 0 aromatic carbocycles. The van der Waals surface area contributed by atoms with Crippen LogP contribution in [0.2, 0.25) is 0 Å². The highest BCUT2D eigenvalue weighted by atomic mass is 16.5. The SMILES string of the molecule is COCC1CNCC1O. The summed E-state index contributed by atoms with van der Waals surface area (Å²) in [5, 5.41) is 12.3. The van der Waals surface area contributed by atoms with Crippen molar-refractivity contribution >= 4 is 0 Å². The van der Waals surface area contributed by atoms with E-state index >= 15 is 0 Å². The largest absolute Gasteiger partial charge is 0.391 e. The third-order valence-corrected chi connectivity index (χ3v) is 1.68. The van der Waals surface area contributed by atoms with Crippen LogP contribution >= 0.6 is 0 Å². The number of hydrogen-bond donors (Lipinski definition) is 2. The lowest BCUT2D eigenvalue weighted by atomic mass is 10.1. The summed E-state index contributed by atoms with van der Waals surface area (Å²) in [6.07, 6.45) is -0.204. The average molecular weight is 131 g/mol. The minimum atomic E-state index is -0.204. The second-order valence-corrected chi connectivity index (χ2v) is 2.44. The number of methoxy groups -OCH3 is 1. The van der Waals surface area contributed by atoms with E-state index in [1.165, 1.54) is 0 Å². The molecule has 3 nitrogen and oxygen atoms in total. The molecular weight excluding hydrogens is 118 g/mol. The summed E-state index contributed by atoms with van der Waals surface area (Å²) < 4.78 is 4.90. The summed E-state index contributed by atoms with van der Waals surface area (Å²) in [7, 11) is 1.66. The summed E-state index contributed by atoms with van der Waals surface area (Å²) in [6, 6.07) is 0. The zero-order valence-corrected chi connectivity index (χ0v) is 5.63. The van der Waals surface area contributed by atoms with E-state index in [0.29, 0.717) is 19.1 Å². The number of β-amino-alcohol motifs (C(OH)–C–C–N with tert-alkyl or cyclic N) is 1. The van der Waals surface area contributed by atoms with E-state index in [-0.39, 0.29) is 6.10 Å². The standard InChI is InChI=1S/C6H13NO2/c1-9-4-5-2-7-3-6(5)8/h5-8H,2-4H2,1H3. The molecule has 1 fully saturated rings. The smallest absolute Gasteiger partial charge is 0.0726 e. The summed E-state index contributed by atoms with van der Waals surface area (Å²) >= 11 is 0. The Morgan fingerprint density at radius 2 is 2.44 bits per heavy atom. The fourth-order valence-electron chi connectivity index (χ4n) is 1.10. The number of aliphatic hydroxyl groups excluding tert-OH is 1. The highest BCUT2D eigenvalue weighted by Crippen LogP contribution is 2.07. The van der Waals surface area contributed by atoms with Crippen molar-refractivity contribution in [2.75, 3.05) is 26.8 Å². The van der Waals surface area contributed by atoms with Crippen LogP contribution in [0, 0.1) is 5.92 Å². The van der Waals surface area contributed by atoms with Crippen LogP contribution in [0.3, 0.4) is 0 Å². The van der Waals surface area contributed by atoms with Crippen LogP contribution in [0.25, 0.3) is 0 Å². The second kappa shape index (κ2) is 3.15. The fraction of sp³-hybridized carbons (Fsp3) is 1.00. The number of nitrogens with one attached hydrogen (secondary N) is 1. The van der Waals surface area contributed by atoms with Crippen LogP contribution in [-0.4, -0.2) is 38.0 Å². The number of rotatable bonds is 2. The van der Waals surface area contributed by atoms with E-state index in [0.717, 1.165) is 6.54 Å². The topological polar surface area (TPSA) is 41.5 Å². The molecule has 2 atom stereocenters. The van der Waals surface area contributed by atoms with Gasteiger partial charge >= 0.3 is 0 Å². The van der Waals surface area contributed by atoms with Crippen LogP contribution in [0.5, 0.6) is 0 Å². The lowest BCUT2D eigenvalue weighted by molar-refractivity contribution is 0.0792. The van der Waals surface area contributed by atoms with Gasteiger partial charge in [0.2, 0.25) is 0 Å². The highest BCUT2D eigenvalue weighted by molar-refractivity contribution is 4.79. The summed E-state index contributed by atoms with van der Waals surface area (Å²) in [5.74, 6) is 0.301. The zero-order valence-electron chi connectivity index (χ0n) is 5.63. The molecule has 0 spiro atoms. The Hall–Kier alpha value is -0.120. The molecule has 2 N–H and O–H groups in total. The molecule has 2 unspecified atom stereocenters. The molecule has 0 saturated carbocycles. The molecule has 9 heavy (non-hydrogen) atoms. The quantitative estimate of drug-likeness (QED) is 0.516. The molecular formula is C6H13NO2. The minimum absolute atomic E-state index is 0.204. The second-order valence-electron chi connectivity index (χ2n) is 2.44. The first-order valence-corrected chi connectivity index (χ1v) is 3.22. The maximum Gasteiger partial charge on any atom is 0.0726 e. The van der Waals surface area contributed by atoms with E-state index in [1.54, 1.807) is 7.11 Å². The molecule has 0 amide bonds. The molecule has 1 rings (SSSR count).